The molecule has 26 heavy (non-hydrogen) atoms. The number of morpholine rings is 1. The first-order chi connectivity index (χ1) is 12.7. The van der Waals surface area contributed by atoms with Crippen LogP contribution in [0.2, 0.25) is 0 Å². The van der Waals surface area contributed by atoms with Gasteiger partial charge in [0.25, 0.3) is 0 Å². The first-order valence-electron chi connectivity index (χ1n) is 9.11. The Balaban J connectivity index is 1.27. The molecule has 2 aliphatic rings. The van der Waals surface area contributed by atoms with Crippen LogP contribution in [-0.4, -0.2) is 64.2 Å². The van der Waals surface area contributed by atoms with Crippen LogP contribution in [0.1, 0.15) is 23.4 Å². The molecule has 2 aliphatic heterocycles. The lowest BCUT2D eigenvalue weighted by Crippen LogP contribution is -2.58. The van der Waals surface area contributed by atoms with Crippen molar-refractivity contribution < 1.29 is 9.53 Å². The highest BCUT2D eigenvalue weighted by Gasteiger charge is 2.40. The third kappa shape index (κ3) is 4.08. The van der Waals surface area contributed by atoms with E-state index < -0.39 is 0 Å². The molecule has 0 radical (unpaired) electrons. The summed E-state index contributed by atoms with van der Waals surface area (Å²) in [6, 6.07) is 4.07. The fourth-order valence-electron chi connectivity index (χ4n) is 3.78. The molecule has 0 unspecified atom stereocenters. The van der Waals surface area contributed by atoms with Gasteiger partial charge in [0.1, 0.15) is 0 Å². The van der Waals surface area contributed by atoms with E-state index in [0.29, 0.717) is 6.54 Å². The summed E-state index contributed by atoms with van der Waals surface area (Å²) in [5.41, 5.74) is 1.01. The van der Waals surface area contributed by atoms with E-state index in [2.05, 4.69) is 20.2 Å². The highest BCUT2D eigenvalue weighted by Crippen LogP contribution is 2.30. The maximum absolute atomic E-state index is 12.4. The fourth-order valence-corrected chi connectivity index (χ4v) is 4.42. The van der Waals surface area contributed by atoms with Crippen molar-refractivity contribution in [1.29, 1.82) is 0 Å². The van der Waals surface area contributed by atoms with Crippen molar-refractivity contribution >= 4 is 17.4 Å². The van der Waals surface area contributed by atoms with Gasteiger partial charge >= 0.3 is 6.03 Å². The van der Waals surface area contributed by atoms with E-state index in [4.69, 9.17) is 4.74 Å². The van der Waals surface area contributed by atoms with Crippen LogP contribution in [0.15, 0.2) is 30.0 Å². The summed E-state index contributed by atoms with van der Waals surface area (Å²) < 4.78 is 6.18. The Bertz CT molecular complexity index is 695. The number of nitrogens with zero attached hydrogens (tertiary/aromatic N) is 3. The number of ether oxygens (including phenoxy) is 1. The van der Waals surface area contributed by atoms with Gasteiger partial charge < -0.3 is 19.9 Å². The third-order valence-corrected chi connectivity index (χ3v) is 6.11. The molecule has 2 aromatic rings. The summed E-state index contributed by atoms with van der Waals surface area (Å²) in [7, 11) is 0. The monoisotopic (exact) mass is 375 g/mol. The van der Waals surface area contributed by atoms with Gasteiger partial charge in [0.15, 0.2) is 0 Å². The number of amides is 2. The van der Waals surface area contributed by atoms with Crippen molar-refractivity contribution in [3.05, 3.63) is 40.6 Å². The molecule has 8 heteroatoms. The summed E-state index contributed by atoms with van der Waals surface area (Å²) in [6.07, 6.45) is 5.37. The van der Waals surface area contributed by atoms with E-state index in [1.165, 1.54) is 4.88 Å². The molecule has 0 atom stereocenters. The molecule has 2 N–H and O–H groups in total. The smallest absolute Gasteiger partial charge is 0.317 e. The number of imidazole rings is 1. The minimum absolute atomic E-state index is 0.0263. The molecule has 4 rings (SSSR count). The van der Waals surface area contributed by atoms with Crippen molar-refractivity contribution in [2.45, 2.75) is 31.5 Å². The van der Waals surface area contributed by atoms with Crippen LogP contribution in [0.5, 0.6) is 0 Å². The standard InChI is InChI=1S/C18H25N5O2S/c24-17(20-11-16-2-1-9-26-16)23-5-3-18(4-6-23)13-22(7-8-25-18)12-15-10-19-14-21-15/h1-2,9-10,14H,3-8,11-13H2,(H,19,21)(H,20,24). The Kier molecular flexibility index (Phi) is 5.23. The second kappa shape index (κ2) is 7.77. The molecule has 2 aromatic heterocycles. The molecule has 0 aliphatic carbocycles. The van der Waals surface area contributed by atoms with Crippen molar-refractivity contribution in [3.63, 3.8) is 0 Å². The zero-order valence-electron chi connectivity index (χ0n) is 14.8. The predicted molar refractivity (Wildman–Crippen MR) is 99.9 cm³/mol. The molecule has 0 saturated carbocycles. The average Bonchev–Trinajstić information content (AvgIpc) is 3.34. The quantitative estimate of drug-likeness (QED) is 0.858. The average molecular weight is 375 g/mol. The Labute approximate surface area is 157 Å². The molecular weight excluding hydrogens is 350 g/mol. The summed E-state index contributed by atoms with van der Waals surface area (Å²) in [6.45, 7) is 5.56. The molecule has 1 spiro atoms. The highest BCUT2D eigenvalue weighted by atomic mass is 32.1. The van der Waals surface area contributed by atoms with Gasteiger partial charge in [0, 0.05) is 49.5 Å². The lowest BCUT2D eigenvalue weighted by Gasteiger charge is -2.47. The number of urea groups is 1. The normalized spacial score (nSPS) is 20.4. The van der Waals surface area contributed by atoms with Crippen LogP contribution in [0.3, 0.4) is 0 Å². The van der Waals surface area contributed by atoms with E-state index in [0.717, 1.165) is 57.9 Å². The Morgan fingerprint density at radius 2 is 2.27 bits per heavy atom. The number of hydrogen-bond acceptors (Lipinski definition) is 5. The van der Waals surface area contributed by atoms with Crippen molar-refractivity contribution in [2.75, 3.05) is 32.8 Å². The zero-order valence-corrected chi connectivity index (χ0v) is 15.6. The number of carbonyl (C=O) groups excluding carboxylic acids is 1. The second-order valence-electron chi connectivity index (χ2n) is 7.04. The number of hydrogen-bond donors (Lipinski definition) is 2. The topological polar surface area (TPSA) is 73.5 Å². The number of aromatic nitrogens is 2. The van der Waals surface area contributed by atoms with Gasteiger partial charge in [-0.3, -0.25) is 4.90 Å². The fraction of sp³-hybridized carbons (Fsp3) is 0.556. The second-order valence-corrected chi connectivity index (χ2v) is 8.08. The van der Waals surface area contributed by atoms with E-state index in [-0.39, 0.29) is 11.6 Å². The number of carbonyl (C=O) groups is 1. The van der Waals surface area contributed by atoms with E-state index in [9.17, 15) is 4.79 Å². The number of likely N-dealkylation sites (tertiary alicyclic amines) is 1. The van der Waals surface area contributed by atoms with Gasteiger partial charge in [0.2, 0.25) is 0 Å². The van der Waals surface area contributed by atoms with Crippen molar-refractivity contribution in [1.82, 2.24) is 25.1 Å². The molecule has 2 amide bonds. The van der Waals surface area contributed by atoms with Gasteiger partial charge in [-0.05, 0) is 24.3 Å². The summed E-state index contributed by atoms with van der Waals surface area (Å²) in [5.74, 6) is 0. The van der Waals surface area contributed by atoms with Crippen LogP contribution in [0, 0.1) is 0 Å². The number of rotatable bonds is 4. The van der Waals surface area contributed by atoms with Gasteiger partial charge in [-0.1, -0.05) is 6.07 Å². The maximum atomic E-state index is 12.4. The van der Waals surface area contributed by atoms with E-state index >= 15 is 0 Å². The maximum Gasteiger partial charge on any atom is 0.317 e. The van der Waals surface area contributed by atoms with Crippen LogP contribution in [0.4, 0.5) is 4.79 Å². The highest BCUT2D eigenvalue weighted by molar-refractivity contribution is 7.09. The SMILES string of the molecule is O=C(NCc1cccs1)N1CCC2(CC1)CN(Cc1cnc[nH]1)CCO2. The Morgan fingerprint density at radius 3 is 3.00 bits per heavy atom. The largest absolute Gasteiger partial charge is 0.372 e. The molecule has 140 valence electrons. The zero-order chi connectivity index (χ0) is 17.8. The molecular formula is C18H25N5O2S. The minimum Gasteiger partial charge on any atom is -0.372 e. The van der Waals surface area contributed by atoms with Crippen molar-refractivity contribution in [3.8, 4) is 0 Å². The first kappa shape index (κ1) is 17.5. The van der Waals surface area contributed by atoms with Gasteiger partial charge in [-0.2, -0.15) is 0 Å². The summed E-state index contributed by atoms with van der Waals surface area (Å²) in [4.78, 5) is 25.2. The van der Waals surface area contributed by atoms with E-state index in [1.807, 2.05) is 28.6 Å². The van der Waals surface area contributed by atoms with Gasteiger partial charge in [0.05, 0.1) is 25.1 Å². The van der Waals surface area contributed by atoms with Gasteiger partial charge in [-0.15, -0.1) is 11.3 Å². The number of aromatic amines is 1. The van der Waals surface area contributed by atoms with Crippen LogP contribution >= 0.6 is 11.3 Å². The molecule has 0 aromatic carbocycles. The lowest BCUT2D eigenvalue weighted by atomic mass is 9.89. The minimum atomic E-state index is -0.122. The van der Waals surface area contributed by atoms with Gasteiger partial charge in [-0.25, -0.2) is 9.78 Å². The van der Waals surface area contributed by atoms with Crippen molar-refractivity contribution in [2.24, 2.45) is 0 Å². The molecule has 2 saturated heterocycles. The number of nitrogens with one attached hydrogen (secondary N) is 2. The number of piperidine rings is 1. The summed E-state index contributed by atoms with van der Waals surface area (Å²) in [5, 5.41) is 5.05. The Morgan fingerprint density at radius 1 is 1.38 bits per heavy atom. The predicted octanol–water partition coefficient (Wildman–Crippen LogP) is 2.05. The first-order valence-corrected chi connectivity index (χ1v) is 9.99. The third-order valence-electron chi connectivity index (χ3n) is 5.23. The molecule has 4 heterocycles. The summed E-state index contributed by atoms with van der Waals surface area (Å²) >= 11 is 1.66. The van der Waals surface area contributed by atoms with Crippen LogP contribution in [-0.2, 0) is 17.8 Å². The molecule has 2 fully saturated rings. The van der Waals surface area contributed by atoms with Crippen LogP contribution < -0.4 is 5.32 Å². The Hall–Kier alpha value is -1.90. The van der Waals surface area contributed by atoms with Crippen LogP contribution in [0.25, 0.3) is 0 Å². The van der Waals surface area contributed by atoms with E-state index in [1.54, 1.807) is 17.7 Å². The molecule has 0 bridgehead atoms. The lowest BCUT2D eigenvalue weighted by molar-refractivity contribution is -0.134. The number of thiophene rings is 1. The number of H-pyrrole nitrogens is 1. The molecule has 7 nitrogen and oxygen atoms in total.